The Bertz CT molecular complexity index is 473. The number of hydrogen-bond donors (Lipinski definition) is 2. The first-order valence-electron chi connectivity index (χ1n) is 4.52. The molecule has 1 heterocycles. The molecule has 1 unspecified atom stereocenters. The molecule has 10 heteroatoms. The second-order valence-corrected chi connectivity index (χ2v) is 8.56. The largest absolute Gasteiger partial charge is 0.342 e. The molecule has 0 aliphatic heterocycles. The van der Waals surface area contributed by atoms with Crippen LogP contribution in [0.25, 0.3) is 0 Å². The van der Waals surface area contributed by atoms with Crippen LogP contribution in [0.4, 0.5) is 0 Å². The van der Waals surface area contributed by atoms with Crippen molar-refractivity contribution in [3.05, 3.63) is 10.2 Å². The molecular weight excluding hydrogens is 310 g/mol. The zero-order valence-electron chi connectivity index (χ0n) is 9.42. The second kappa shape index (κ2) is 6.04. The van der Waals surface area contributed by atoms with Gasteiger partial charge >= 0.3 is 0 Å². The monoisotopic (exact) mass is 322 g/mol. The Morgan fingerprint density at radius 1 is 1.47 bits per heavy atom. The number of nitrogens with zero attached hydrogens (tertiary/aromatic N) is 2. The van der Waals surface area contributed by atoms with Crippen LogP contribution in [-0.2, 0) is 26.0 Å². The van der Waals surface area contributed by atoms with E-state index in [9.17, 15) is 9.79 Å². The van der Waals surface area contributed by atoms with E-state index in [0.717, 1.165) is 0 Å². The molecule has 0 aromatic carbocycles. The summed E-state index contributed by atoms with van der Waals surface area (Å²) >= 11 is 11.7. The fourth-order valence-corrected chi connectivity index (χ4v) is 5.50. The average Bonchev–Trinajstić information content (AvgIpc) is 2.54. The molecule has 2 N–H and O–H groups in total. The maximum absolute atomic E-state index is 10.1. The molecular formula is C7H13Cl2N2O4PS. The standard InChI is InChI=1S/C7H13Cl2N2O4PS/c1-4-15-17(14-3)16(12,13)7-5(8)6(9)11(2)10-7/h12-13H,4H2,1-3H3. The smallest absolute Gasteiger partial charge is 0.247 e. The van der Waals surface area contributed by atoms with Crippen LogP contribution in [0.15, 0.2) is 0 Å². The van der Waals surface area contributed by atoms with E-state index in [-0.39, 0.29) is 22.2 Å². The van der Waals surface area contributed by atoms with Crippen molar-refractivity contribution in [1.29, 1.82) is 0 Å². The van der Waals surface area contributed by atoms with E-state index in [2.05, 4.69) is 5.10 Å². The summed E-state index contributed by atoms with van der Waals surface area (Å²) in [6.07, 6.45) is 0. The molecule has 0 radical (unpaired) electrons. The second-order valence-electron chi connectivity index (χ2n) is 2.89. The molecule has 0 spiro atoms. The molecule has 0 amide bonds. The molecule has 1 aromatic rings. The SMILES string of the molecule is CCOS(OC)=P(O)(O)c1nn(C)c(Cl)c1Cl. The minimum atomic E-state index is -3.73. The molecule has 0 saturated carbocycles. The summed E-state index contributed by atoms with van der Waals surface area (Å²) in [6.45, 7) is -1.74. The topological polar surface area (TPSA) is 76.7 Å². The highest BCUT2D eigenvalue weighted by Crippen LogP contribution is 2.44. The molecule has 0 aliphatic rings. The van der Waals surface area contributed by atoms with Crippen LogP contribution in [0.1, 0.15) is 6.92 Å². The molecule has 0 fully saturated rings. The van der Waals surface area contributed by atoms with Crippen LogP contribution in [0.2, 0.25) is 10.2 Å². The first-order chi connectivity index (χ1) is 7.86. The highest BCUT2D eigenvalue weighted by molar-refractivity contribution is 8.26. The molecule has 1 atom stereocenters. The lowest BCUT2D eigenvalue weighted by Crippen LogP contribution is -2.14. The van der Waals surface area contributed by atoms with E-state index < -0.39 is 17.1 Å². The van der Waals surface area contributed by atoms with E-state index in [0.29, 0.717) is 0 Å². The third-order valence-electron chi connectivity index (χ3n) is 1.75. The molecule has 1 aromatic heterocycles. The summed E-state index contributed by atoms with van der Waals surface area (Å²) in [4.78, 5) is 20.2. The predicted octanol–water partition coefficient (Wildman–Crippen LogP) is 1.23. The lowest BCUT2D eigenvalue weighted by molar-refractivity contribution is 0.325. The normalized spacial score (nSPS) is 14.1. The third kappa shape index (κ3) is 3.05. The number of aromatic nitrogens is 2. The number of rotatable bonds is 4. The Hall–Kier alpha value is 0.410. The lowest BCUT2D eigenvalue weighted by Gasteiger charge is -2.15. The van der Waals surface area contributed by atoms with Gasteiger partial charge in [0.25, 0.3) is 0 Å². The van der Waals surface area contributed by atoms with E-state index in [4.69, 9.17) is 31.6 Å². The number of hydrogen-bond acceptors (Lipinski definition) is 3. The van der Waals surface area contributed by atoms with Gasteiger partial charge in [0.1, 0.15) is 20.8 Å². The Balaban J connectivity index is 3.42. The van der Waals surface area contributed by atoms with Crippen LogP contribution in [0, 0.1) is 0 Å². The summed E-state index contributed by atoms with van der Waals surface area (Å²) in [7, 11) is 1.37. The first kappa shape index (κ1) is 15.5. The Labute approximate surface area is 112 Å². The molecule has 100 valence electrons. The van der Waals surface area contributed by atoms with Crippen molar-refractivity contribution < 1.29 is 18.2 Å². The zero-order valence-corrected chi connectivity index (χ0v) is 12.6. The third-order valence-corrected chi connectivity index (χ3v) is 7.30. The van der Waals surface area contributed by atoms with Crippen molar-refractivity contribution >= 4 is 45.8 Å². The quantitative estimate of drug-likeness (QED) is 0.815. The van der Waals surface area contributed by atoms with Gasteiger partial charge in [0.15, 0.2) is 5.44 Å². The van der Waals surface area contributed by atoms with Crippen molar-refractivity contribution in [3.63, 3.8) is 0 Å². The summed E-state index contributed by atoms with van der Waals surface area (Å²) in [6, 6.07) is 0. The highest BCUT2D eigenvalue weighted by atomic mass is 35.5. The molecule has 0 bridgehead atoms. The highest BCUT2D eigenvalue weighted by Gasteiger charge is 2.29. The summed E-state index contributed by atoms with van der Waals surface area (Å²) < 4.78 is 11.3. The van der Waals surface area contributed by atoms with Crippen molar-refractivity contribution in [3.8, 4) is 0 Å². The predicted molar refractivity (Wildman–Crippen MR) is 70.2 cm³/mol. The van der Waals surface area contributed by atoms with E-state index in [1.165, 1.54) is 11.8 Å². The van der Waals surface area contributed by atoms with Gasteiger partial charge in [-0.05, 0) is 6.92 Å². The molecule has 0 aliphatic carbocycles. The van der Waals surface area contributed by atoms with Gasteiger partial charge in [-0.1, -0.05) is 23.2 Å². The maximum Gasteiger partial charge on any atom is 0.247 e. The fraction of sp³-hybridized carbons (Fsp3) is 0.571. The first-order valence-corrected chi connectivity index (χ1v) is 8.65. The van der Waals surface area contributed by atoms with Gasteiger partial charge in [-0.15, -0.1) is 0 Å². The zero-order chi connectivity index (χ0) is 13.2. The molecule has 0 saturated heterocycles. The van der Waals surface area contributed by atoms with Crippen LogP contribution in [-0.4, -0.2) is 33.3 Å². The van der Waals surface area contributed by atoms with Crippen molar-refractivity contribution in [1.82, 2.24) is 9.78 Å². The van der Waals surface area contributed by atoms with Crippen LogP contribution >= 0.6 is 29.7 Å². The summed E-state index contributed by atoms with van der Waals surface area (Å²) in [5, 5.41) is 4.01. The molecule has 6 nitrogen and oxygen atoms in total. The van der Waals surface area contributed by atoms with Gasteiger partial charge in [-0.2, -0.15) is 5.10 Å². The van der Waals surface area contributed by atoms with Crippen LogP contribution < -0.4 is 5.44 Å². The van der Waals surface area contributed by atoms with Gasteiger partial charge in [0.05, 0.1) is 13.7 Å². The van der Waals surface area contributed by atoms with Gasteiger partial charge in [0, 0.05) is 7.05 Å². The minimum absolute atomic E-state index is 0.00162. The van der Waals surface area contributed by atoms with Crippen molar-refractivity contribution in [2.75, 3.05) is 13.7 Å². The Kier molecular flexibility index (Phi) is 5.49. The van der Waals surface area contributed by atoms with Crippen molar-refractivity contribution in [2.24, 2.45) is 7.05 Å². The van der Waals surface area contributed by atoms with Gasteiger partial charge in [-0.25, -0.2) is 0 Å². The van der Waals surface area contributed by atoms with E-state index in [1.54, 1.807) is 14.0 Å². The van der Waals surface area contributed by atoms with Gasteiger partial charge in [-0.3, -0.25) is 13.0 Å². The fourth-order valence-electron chi connectivity index (χ4n) is 1.05. The van der Waals surface area contributed by atoms with Gasteiger partial charge < -0.3 is 9.79 Å². The summed E-state index contributed by atoms with van der Waals surface area (Å²) in [5.41, 5.74) is -0.0923. The summed E-state index contributed by atoms with van der Waals surface area (Å²) in [5.74, 6) is 0. The van der Waals surface area contributed by atoms with Gasteiger partial charge in [0.2, 0.25) is 6.49 Å². The number of halogens is 2. The maximum atomic E-state index is 10.1. The average molecular weight is 323 g/mol. The van der Waals surface area contributed by atoms with Crippen LogP contribution in [0.5, 0.6) is 0 Å². The molecule has 17 heavy (non-hydrogen) atoms. The molecule has 1 rings (SSSR count). The van der Waals surface area contributed by atoms with E-state index >= 15 is 0 Å². The lowest BCUT2D eigenvalue weighted by atomic mass is 10.7. The van der Waals surface area contributed by atoms with E-state index in [1.807, 2.05) is 0 Å². The van der Waals surface area contributed by atoms with Crippen molar-refractivity contribution in [2.45, 2.75) is 6.92 Å². The van der Waals surface area contributed by atoms with Crippen LogP contribution in [0.3, 0.4) is 0 Å². The Morgan fingerprint density at radius 2 is 2.06 bits per heavy atom. The number of aryl methyl sites for hydroxylation is 1. The minimum Gasteiger partial charge on any atom is -0.342 e. The Morgan fingerprint density at radius 3 is 2.41 bits per heavy atom.